The lowest BCUT2D eigenvalue weighted by Crippen LogP contribution is -2.25. The molecule has 32 heavy (non-hydrogen) atoms. The van der Waals surface area contributed by atoms with Gasteiger partial charge in [0.05, 0.1) is 0 Å². The van der Waals surface area contributed by atoms with Gasteiger partial charge in [-0.15, -0.1) is 0 Å². The van der Waals surface area contributed by atoms with Crippen LogP contribution in [0.5, 0.6) is 11.5 Å². The Hall–Kier alpha value is -4.04. The molecule has 5 aromatic carbocycles. The predicted molar refractivity (Wildman–Crippen MR) is 131 cm³/mol. The first kappa shape index (κ1) is 19.9. The molecule has 0 aromatic heterocycles. The number of phenolic OH excluding ortho intramolecular Hbond substituents is 2. The molecule has 0 saturated heterocycles. The lowest BCUT2D eigenvalue weighted by atomic mass is 9.71. The van der Waals surface area contributed by atoms with Crippen molar-refractivity contribution in [1.29, 1.82) is 0 Å². The summed E-state index contributed by atoms with van der Waals surface area (Å²) < 4.78 is 0. The van der Waals surface area contributed by atoms with Crippen molar-refractivity contribution in [3.63, 3.8) is 0 Å². The van der Waals surface area contributed by atoms with E-state index in [1.54, 1.807) is 24.3 Å². The molecule has 0 unspecified atom stereocenters. The third-order valence-electron chi connectivity index (χ3n) is 6.43. The first-order chi connectivity index (χ1) is 15.5. The van der Waals surface area contributed by atoms with Gasteiger partial charge in [-0.05, 0) is 75.8 Å². The van der Waals surface area contributed by atoms with Crippen molar-refractivity contribution in [2.45, 2.75) is 12.3 Å². The van der Waals surface area contributed by atoms with E-state index < -0.39 is 5.41 Å². The molecule has 0 aliphatic rings. The Morgan fingerprint density at radius 2 is 0.906 bits per heavy atom. The van der Waals surface area contributed by atoms with Crippen molar-refractivity contribution in [3.05, 3.63) is 132 Å². The normalized spacial score (nSPS) is 11.5. The van der Waals surface area contributed by atoms with E-state index in [0.717, 1.165) is 16.7 Å². The van der Waals surface area contributed by atoms with E-state index >= 15 is 0 Å². The maximum Gasteiger partial charge on any atom is 0.115 e. The van der Waals surface area contributed by atoms with Crippen molar-refractivity contribution in [2.24, 2.45) is 0 Å². The van der Waals surface area contributed by atoms with Crippen LogP contribution < -0.4 is 0 Å². The zero-order valence-electron chi connectivity index (χ0n) is 17.9. The second-order valence-corrected chi connectivity index (χ2v) is 8.36. The molecule has 0 atom stereocenters. The van der Waals surface area contributed by atoms with Crippen LogP contribution in [0.4, 0.5) is 0 Å². The average molecular weight is 417 g/mol. The maximum atomic E-state index is 9.80. The first-order valence-corrected chi connectivity index (χ1v) is 10.7. The summed E-state index contributed by atoms with van der Waals surface area (Å²) in [6.45, 7) is 2.18. The summed E-state index contributed by atoms with van der Waals surface area (Å²) in [6.07, 6.45) is 0. The molecular weight excluding hydrogens is 392 g/mol. The highest BCUT2D eigenvalue weighted by Crippen LogP contribution is 2.40. The quantitative estimate of drug-likeness (QED) is 0.302. The second-order valence-electron chi connectivity index (χ2n) is 8.36. The molecule has 0 amide bonds. The number of benzene rings is 5. The number of hydrogen-bond donors (Lipinski definition) is 2. The van der Waals surface area contributed by atoms with E-state index in [0.29, 0.717) is 0 Å². The zero-order valence-corrected chi connectivity index (χ0v) is 17.9. The smallest absolute Gasteiger partial charge is 0.115 e. The number of aromatic hydroxyl groups is 2. The van der Waals surface area contributed by atoms with Crippen molar-refractivity contribution >= 4 is 10.8 Å². The summed E-state index contributed by atoms with van der Waals surface area (Å²) >= 11 is 0. The van der Waals surface area contributed by atoms with E-state index in [2.05, 4.69) is 73.7 Å². The second kappa shape index (κ2) is 7.90. The summed E-state index contributed by atoms with van der Waals surface area (Å²) in [5, 5.41) is 22.1. The molecule has 0 spiro atoms. The molecule has 5 rings (SSSR count). The molecule has 156 valence electrons. The van der Waals surface area contributed by atoms with Gasteiger partial charge in [-0.25, -0.2) is 0 Å². The Kier molecular flexibility index (Phi) is 4.91. The van der Waals surface area contributed by atoms with Gasteiger partial charge in [0.25, 0.3) is 0 Å². The van der Waals surface area contributed by atoms with E-state index in [-0.39, 0.29) is 11.5 Å². The zero-order chi connectivity index (χ0) is 22.1. The monoisotopic (exact) mass is 416 g/mol. The van der Waals surface area contributed by atoms with Gasteiger partial charge in [0.15, 0.2) is 0 Å². The van der Waals surface area contributed by atoms with Crippen LogP contribution in [0.25, 0.3) is 21.9 Å². The summed E-state index contributed by atoms with van der Waals surface area (Å²) in [6, 6.07) is 38.3. The molecule has 0 radical (unpaired) electrons. The Morgan fingerprint density at radius 1 is 0.469 bits per heavy atom. The lowest BCUT2D eigenvalue weighted by Gasteiger charge is -2.32. The first-order valence-electron chi connectivity index (χ1n) is 10.7. The largest absolute Gasteiger partial charge is 0.508 e. The Bertz CT molecular complexity index is 1320. The standard InChI is InChI=1S/C30H24O2/c1-30(26-12-16-28(31)17-13-26,27-14-18-29(32)19-15-27)25-10-8-22(9-11-25)24-7-6-21-4-2-3-5-23(21)20-24/h2-20,31-32H,1H3. The van der Waals surface area contributed by atoms with Crippen LogP contribution in [0.15, 0.2) is 115 Å². The molecule has 0 saturated carbocycles. The molecule has 0 aliphatic heterocycles. The average Bonchev–Trinajstić information content (AvgIpc) is 2.84. The van der Waals surface area contributed by atoms with Gasteiger partial charge in [-0.2, -0.15) is 0 Å². The fraction of sp³-hybridized carbons (Fsp3) is 0.0667. The number of rotatable bonds is 4. The topological polar surface area (TPSA) is 40.5 Å². The fourth-order valence-corrected chi connectivity index (χ4v) is 4.45. The van der Waals surface area contributed by atoms with Crippen LogP contribution in [-0.4, -0.2) is 10.2 Å². The Labute approximate surface area is 188 Å². The van der Waals surface area contributed by atoms with E-state index in [9.17, 15) is 10.2 Å². The van der Waals surface area contributed by atoms with Crippen molar-refractivity contribution < 1.29 is 10.2 Å². The summed E-state index contributed by atoms with van der Waals surface area (Å²) in [5.74, 6) is 0.488. The Balaban J connectivity index is 1.60. The molecule has 0 bridgehead atoms. The van der Waals surface area contributed by atoms with E-state index in [1.165, 1.54) is 21.9 Å². The van der Waals surface area contributed by atoms with E-state index in [1.807, 2.05) is 24.3 Å². The van der Waals surface area contributed by atoms with Crippen molar-refractivity contribution in [1.82, 2.24) is 0 Å². The third-order valence-corrected chi connectivity index (χ3v) is 6.43. The van der Waals surface area contributed by atoms with Gasteiger partial charge in [0, 0.05) is 5.41 Å². The van der Waals surface area contributed by atoms with Gasteiger partial charge >= 0.3 is 0 Å². The molecule has 0 aliphatic carbocycles. The summed E-state index contributed by atoms with van der Waals surface area (Å²) in [5.41, 5.74) is 5.19. The predicted octanol–water partition coefficient (Wildman–Crippen LogP) is 7.27. The lowest BCUT2D eigenvalue weighted by molar-refractivity contribution is 0.474. The highest BCUT2D eigenvalue weighted by atomic mass is 16.3. The minimum absolute atomic E-state index is 0.244. The number of fused-ring (bicyclic) bond motifs is 1. The number of hydrogen-bond acceptors (Lipinski definition) is 2. The third kappa shape index (κ3) is 3.50. The van der Waals surface area contributed by atoms with Gasteiger partial charge < -0.3 is 10.2 Å². The van der Waals surface area contributed by atoms with Crippen molar-refractivity contribution in [3.8, 4) is 22.6 Å². The minimum Gasteiger partial charge on any atom is -0.508 e. The molecule has 2 nitrogen and oxygen atoms in total. The minimum atomic E-state index is -0.441. The van der Waals surface area contributed by atoms with Gasteiger partial charge in [0.2, 0.25) is 0 Å². The summed E-state index contributed by atoms with van der Waals surface area (Å²) in [7, 11) is 0. The maximum absolute atomic E-state index is 9.80. The highest BCUT2D eigenvalue weighted by Gasteiger charge is 2.31. The van der Waals surface area contributed by atoms with Gasteiger partial charge in [-0.1, -0.05) is 84.9 Å². The molecule has 0 heterocycles. The molecule has 5 aromatic rings. The number of phenols is 2. The van der Waals surface area contributed by atoms with Gasteiger partial charge in [0.1, 0.15) is 11.5 Å². The van der Waals surface area contributed by atoms with E-state index in [4.69, 9.17) is 0 Å². The fourth-order valence-electron chi connectivity index (χ4n) is 4.45. The van der Waals surface area contributed by atoms with Gasteiger partial charge in [-0.3, -0.25) is 0 Å². The highest BCUT2D eigenvalue weighted by molar-refractivity contribution is 5.87. The van der Waals surface area contributed by atoms with Crippen LogP contribution in [0, 0.1) is 0 Å². The van der Waals surface area contributed by atoms with Crippen LogP contribution in [0.2, 0.25) is 0 Å². The molecular formula is C30H24O2. The summed E-state index contributed by atoms with van der Waals surface area (Å²) in [4.78, 5) is 0. The molecule has 0 fully saturated rings. The van der Waals surface area contributed by atoms with Crippen LogP contribution in [0.1, 0.15) is 23.6 Å². The SMILES string of the molecule is CC(c1ccc(O)cc1)(c1ccc(O)cc1)c1ccc(-c2ccc3ccccc3c2)cc1. The van der Waals surface area contributed by atoms with Crippen LogP contribution >= 0.6 is 0 Å². The molecule has 2 N–H and O–H groups in total. The van der Waals surface area contributed by atoms with Crippen LogP contribution in [-0.2, 0) is 5.41 Å². The molecule has 2 heteroatoms. The van der Waals surface area contributed by atoms with Crippen molar-refractivity contribution in [2.75, 3.05) is 0 Å². The Morgan fingerprint density at radius 3 is 1.44 bits per heavy atom. The van der Waals surface area contributed by atoms with Crippen LogP contribution in [0.3, 0.4) is 0 Å².